The zero-order chi connectivity index (χ0) is 16.1. The Morgan fingerprint density at radius 3 is 2.82 bits per heavy atom. The Hall–Kier alpha value is -1.34. The third-order valence-corrected chi connectivity index (χ3v) is 5.08. The van der Waals surface area contributed by atoms with E-state index < -0.39 is 18.1 Å². The first-order valence-electron chi connectivity index (χ1n) is 6.85. The molecule has 0 saturated carbocycles. The van der Waals surface area contributed by atoms with Gasteiger partial charge >= 0.3 is 0 Å². The van der Waals surface area contributed by atoms with Crippen LogP contribution in [-0.4, -0.2) is 47.6 Å². The highest BCUT2D eigenvalue weighted by Gasteiger charge is 2.52. The molecular formula is C14H15Cl2N3O3. The third kappa shape index (κ3) is 2.18. The molecule has 2 aliphatic heterocycles. The number of likely N-dealkylation sites (tertiary alicyclic amines) is 1. The SMILES string of the molecule is N[C@H](CO)C(=O)N1CC[C@]2(C1)C(=O)Nc1cc(Cl)c(Cl)cc12. The van der Waals surface area contributed by atoms with Gasteiger partial charge in [-0.25, -0.2) is 0 Å². The fraction of sp³-hybridized carbons (Fsp3) is 0.429. The molecule has 0 radical (unpaired) electrons. The molecule has 118 valence electrons. The van der Waals surface area contributed by atoms with Gasteiger partial charge in [0.1, 0.15) is 6.04 Å². The maximum absolute atomic E-state index is 12.5. The summed E-state index contributed by atoms with van der Waals surface area (Å²) in [5.74, 6) is -0.533. The summed E-state index contributed by atoms with van der Waals surface area (Å²) in [7, 11) is 0. The Morgan fingerprint density at radius 2 is 2.14 bits per heavy atom. The van der Waals surface area contributed by atoms with Crippen LogP contribution in [-0.2, 0) is 15.0 Å². The molecular weight excluding hydrogens is 329 g/mol. The molecule has 6 nitrogen and oxygen atoms in total. The van der Waals surface area contributed by atoms with Crippen molar-refractivity contribution >= 4 is 40.7 Å². The van der Waals surface area contributed by atoms with Crippen molar-refractivity contribution in [1.82, 2.24) is 4.90 Å². The number of carbonyl (C=O) groups is 2. The van der Waals surface area contributed by atoms with Gasteiger partial charge < -0.3 is 21.1 Å². The van der Waals surface area contributed by atoms with Gasteiger partial charge in [-0.1, -0.05) is 23.2 Å². The zero-order valence-corrected chi connectivity index (χ0v) is 13.1. The lowest BCUT2D eigenvalue weighted by Gasteiger charge is -2.24. The van der Waals surface area contributed by atoms with Crippen LogP contribution in [0.3, 0.4) is 0 Å². The van der Waals surface area contributed by atoms with E-state index in [2.05, 4.69) is 5.32 Å². The van der Waals surface area contributed by atoms with Crippen LogP contribution >= 0.6 is 23.2 Å². The second-order valence-electron chi connectivity index (χ2n) is 5.65. The summed E-state index contributed by atoms with van der Waals surface area (Å²) in [6.07, 6.45) is 0.480. The highest BCUT2D eigenvalue weighted by Crippen LogP contribution is 2.46. The number of nitrogens with two attached hydrogens (primary N) is 1. The van der Waals surface area contributed by atoms with E-state index >= 15 is 0 Å². The fourth-order valence-corrected chi connectivity index (χ4v) is 3.45. The van der Waals surface area contributed by atoms with E-state index in [0.29, 0.717) is 28.7 Å². The Morgan fingerprint density at radius 1 is 1.45 bits per heavy atom. The monoisotopic (exact) mass is 343 g/mol. The number of aliphatic hydroxyl groups excluding tert-OH is 1. The minimum atomic E-state index is -0.965. The molecule has 2 aliphatic rings. The lowest BCUT2D eigenvalue weighted by Crippen LogP contribution is -2.47. The van der Waals surface area contributed by atoms with Crippen molar-refractivity contribution in [2.75, 3.05) is 25.0 Å². The lowest BCUT2D eigenvalue weighted by molar-refractivity contribution is -0.132. The van der Waals surface area contributed by atoms with Gasteiger partial charge in [-0.3, -0.25) is 9.59 Å². The molecule has 1 spiro atoms. The number of anilines is 1. The molecule has 1 saturated heterocycles. The number of halogens is 2. The molecule has 4 N–H and O–H groups in total. The zero-order valence-electron chi connectivity index (χ0n) is 11.6. The average molecular weight is 344 g/mol. The van der Waals surface area contributed by atoms with E-state index in [1.54, 1.807) is 12.1 Å². The maximum atomic E-state index is 12.5. The molecule has 0 aromatic heterocycles. The van der Waals surface area contributed by atoms with Crippen LogP contribution in [0.5, 0.6) is 0 Å². The number of hydrogen-bond donors (Lipinski definition) is 3. The highest BCUT2D eigenvalue weighted by molar-refractivity contribution is 6.42. The predicted molar refractivity (Wildman–Crippen MR) is 83.0 cm³/mol. The smallest absolute Gasteiger partial charge is 0.241 e. The predicted octanol–water partition coefficient (Wildman–Crippen LogP) is 0.735. The van der Waals surface area contributed by atoms with E-state index in [9.17, 15) is 9.59 Å². The first-order chi connectivity index (χ1) is 10.4. The van der Waals surface area contributed by atoms with Crippen LogP contribution < -0.4 is 11.1 Å². The fourth-order valence-electron chi connectivity index (χ4n) is 3.13. The number of nitrogens with one attached hydrogen (secondary N) is 1. The van der Waals surface area contributed by atoms with Gasteiger partial charge in [0, 0.05) is 18.8 Å². The molecule has 0 aliphatic carbocycles. The first kappa shape index (κ1) is 15.6. The van der Waals surface area contributed by atoms with Crippen LogP contribution in [0.1, 0.15) is 12.0 Å². The van der Waals surface area contributed by atoms with Crippen molar-refractivity contribution < 1.29 is 14.7 Å². The summed E-state index contributed by atoms with van der Waals surface area (Å²) in [5.41, 5.74) is 6.13. The summed E-state index contributed by atoms with van der Waals surface area (Å²) in [6.45, 7) is 0.197. The average Bonchev–Trinajstić information content (AvgIpc) is 3.04. The van der Waals surface area contributed by atoms with Gasteiger partial charge in [-0.2, -0.15) is 0 Å². The second-order valence-corrected chi connectivity index (χ2v) is 6.46. The van der Waals surface area contributed by atoms with Crippen molar-refractivity contribution in [3.8, 4) is 0 Å². The van der Waals surface area contributed by atoms with Crippen LogP contribution in [0.2, 0.25) is 10.0 Å². The molecule has 2 atom stereocenters. The molecule has 1 aromatic carbocycles. The minimum Gasteiger partial charge on any atom is -0.394 e. The summed E-state index contributed by atoms with van der Waals surface area (Å²) < 4.78 is 0. The first-order valence-corrected chi connectivity index (χ1v) is 7.61. The standard InChI is InChI=1S/C14H15Cl2N3O3/c15-8-3-7-11(4-9(8)16)18-13(22)14(7)1-2-19(6-14)12(21)10(17)5-20/h3-4,10,20H,1-2,5-6,17H2,(H,18,22)/t10-,14-/m1/s1. The highest BCUT2D eigenvalue weighted by atomic mass is 35.5. The van der Waals surface area contributed by atoms with Gasteiger partial charge in [0.25, 0.3) is 0 Å². The number of benzene rings is 1. The molecule has 2 amide bonds. The Balaban J connectivity index is 1.95. The number of rotatable bonds is 2. The molecule has 1 aromatic rings. The Labute approximate surface area is 137 Å². The van der Waals surface area contributed by atoms with Crippen molar-refractivity contribution in [3.05, 3.63) is 27.7 Å². The number of fused-ring (bicyclic) bond motifs is 2. The van der Waals surface area contributed by atoms with Gasteiger partial charge in [-0.15, -0.1) is 0 Å². The van der Waals surface area contributed by atoms with Crippen molar-refractivity contribution in [3.63, 3.8) is 0 Å². The molecule has 3 rings (SSSR count). The molecule has 0 bridgehead atoms. The third-order valence-electron chi connectivity index (χ3n) is 4.35. The van der Waals surface area contributed by atoms with Crippen molar-refractivity contribution in [1.29, 1.82) is 0 Å². The topological polar surface area (TPSA) is 95.7 Å². The van der Waals surface area contributed by atoms with E-state index in [-0.39, 0.29) is 18.4 Å². The normalized spacial score (nSPS) is 24.5. The molecule has 22 heavy (non-hydrogen) atoms. The Bertz CT molecular complexity index is 667. The summed E-state index contributed by atoms with van der Waals surface area (Å²) >= 11 is 12.1. The lowest BCUT2D eigenvalue weighted by atomic mass is 9.81. The summed E-state index contributed by atoms with van der Waals surface area (Å²) in [6, 6.07) is 2.33. The van der Waals surface area contributed by atoms with E-state index in [1.807, 2.05) is 0 Å². The van der Waals surface area contributed by atoms with E-state index in [0.717, 1.165) is 5.56 Å². The summed E-state index contributed by atoms with van der Waals surface area (Å²) in [5, 5.41) is 12.6. The number of hydrogen-bond acceptors (Lipinski definition) is 4. The largest absolute Gasteiger partial charge is 0.394 e. The van der Waals surface area contributed by atoms with Crippen LogP contribution in [0.4, 0.5) is 5.69 Å². The molecule has 2 heterocycles. The minimum absolute atomic E-state index is 0.172. The number of nitrogens with zero attached hydrogens (tertiary/aromatic N) is 1. The van der Waals surface area contributed by atoms with Crippen molar-refractivity contribution in [2.24, 2.45) is 5.73 Å². The van der Waals surface area contributed by atoms with Crippen LogP contribution in [0.25, 0.3) is 0 Å². The molecule has 1 fully saturated rings. The van der Waals surface area contributed by atoms with Gasteiger partial charge in [-0.05, 0) is 24.1 Å². The molecule has 8 heteroatoms. The molecule has 0 unspecified atom stereocenters. The number of aliphatic hydroxyl groups is 1. The van der Waals surface area contributed by atoms with Gasteiger partial charge in [0.05, 0.1) is 22.1 Å². The number of carbonyl (C=O) groups excluding carboxylic acids is 2. The van der Waals surface area contributed by atoms with Crippen LogP contribution in [0, 0.1) is 0 Å². The van der Waals surface area contributed by atoms with Crippen molar-refractivity contribution in [2.45, 2.75) is 17.9 Å². The Kier molecular flexibility index (Phi) is 3.81. The van der Waals surface area contributed by atoms with E-state index in [4.69, 9.17) is 34.0 Å². The van der Waals surface area contributed by atoms with Gasteiger partial charge in [0.15, 0.2) is 0 Å². The van der Waals surface area contributed by atoms with Crippen LogP contribution in [0.15, 0.2) is 12.1 Å². The maximum Gasteiger partial charge on any atom is 0.241 e. The quantitative estimate of drug-likeness (QED) is 0.737. The number of amides is 2. The van der Waals surface area contributed by atoms with Gasteiger partial charge in [0.2, 0.25) is 11.8 Å². The van der Waals surface area contributed by atoms with E-state index in [1.165, 1.54) is 4.90 Å². The summed E-state index contributed by atoms with van der Waals surface area (Å²) in [4.78, 5) is 26.1. The second kappa shape index (κ2) is 5.38.